The monoisotopic (exact) mass is 399 g/mol. The lowest BCUT2D eigenvalue weighted by molar-refractivity contribution is -0.137. The molecular weight excluding hydrogens is 383 g/mol. The van der Waals surface area contributed by atoms with E-state index in [4.69, 9.17) is 16.3 Å². The van der Waals surface area contributed by atoms with E-state index >= 15 is 0 Å². The molecule has 1 amide bonds. The first-order chi connectivity index (χ1) is 12.5. The summed E-state index contributed by atoms with van der Waals surface area (Å²) in [4.78, 5) is 24.4. The third kappa shape index (κ3) is 5.47. The quantitative estimate of drug-likeness (QED) is 0.722. The van der Waals surface area contributed by atoms with Gasteiger partial charge in [0.05, 0.1) is 21.8 Å². The highest BCUT2D eigenvalue weighted by atomic mass is 35.5. The van der Waals surface area contributed by atoms with E-state index in [-0.39, 0.29) is 16.3 Å². The van der Waals surface area contributed by atoms with Crippen molar-refractivity contribution in [2.75, 3.05) is 5.32 Å². The number of hydrogen-bond acceptors (Lipinski definition) is 3. The van der Waals surface area contributed by atoms with E-state index in [0.29, 0.717) is 0 Å². The van der Waals surface area contributed by atoms with Gasteiger partial charge in [0.2, 0.25) is 0 Å². The second-order valence-corrected chi connectivity index (χ2v) is 6.51. The average molecular weight is 400 g/mol. The smallest absolute Gasteiger partial charge is 0.416 e. The van der Waals surface area contributed by atoms with Crippen molar-refractivity contribution in [2.45, 2.75) is 33.1 Å². The maximum Gasteiger partial charge on any atom is 0.416 e. The number of aryl methyl sites for hydroxylation is 2. The second-order valence-electron chi connectivity index (χ2n) is 6.11. The van der Waals surface area contributed by atoms with Crippen molar-refractivity contribution in [1.82, 2.24) is 0 Å². The molecule has 0 bridgehead atoms. The lowest BCUT2D eigenvalue weighted by atomic mass is 10.1. The van der Waals surface area contributed by atoms with Crippen LogP contribution in [-0.2, 0) is 15.7 Å². The predicted octanol–water partition coefficient (Wildman–Crippen LogP) is 5.16. The topological polar surface area (TPSA) is 55.4 Å². The molecule has 0 aliphatic carbocycles. The molecule has 0 saturated heterocycles. The lowest BCUT2D eigenvalue weighted by Gasteiger charge is -2.16. The third-order valence-corrected chi connectivity index (χ3v) is 3.99. The van der Waals surface area contributed by atoms with Crippen LogP contribution in [-0.4, -0.2) is 18.0 Å². The van der Waals surface area contributed by atoms with Crippen LogP contribution in [0.4, 0.5) is 18.9 Å². The van der Waals surface area contributed by atoms with Gasteiger partial charge in [-0.05, 0) is 51.1 Å². The van der Waals surface area contributed by atoms with Gasteiger partial charge in [0.25, 0.3) is 5.91 Å². The second kappa shape index (κ2) is 8.00. The molecule has 27 heavy (non-hydrogen) atoms. The molecule has 1 N–H and O–H groups in total. The Kier molecular flexibility index (Phi) is 6.15. The summed E-state index contributed by atoms with van der Waals surface area (Å²) >= 11 is 5.84. The van der Waals surface area contributed by atoms with E-state index < -0.39 is 29.7 Å². The number of esters is 1. The molecule has 0 radical (unpaired) electrons. The van der Waals surface area contributed by atoms with E-state index in [1.54, 1.807) is 12.1 Å². The van der Waals surface area contributed by atoms with Crippen LogP contribution in [0.15, 0.2) is 36.4 Å². The molecule has 0 aliphatic heterocycles. The fraction of sp³-hybridized carbons (Fsp3) is 0.263. The van der Waals surface area contributed by atoms with Crippen LogP contribution < -0.4 is 5.32 Å². The molecule has 0 aromatic heterocycles. The molecule has 8 heteroatoms. The molecule has 0 saturated carbocycles. The summed E-state index contributed by atoms with van der Waals surface area (Å²) in [6.45, 7) is 4.95. The summed E-state index contributed by atoms with van der Waals surface area (Å²) in [7, 11) is 0. The molecular formula is C19H17ClF3NO3. The number of carbonyl (C=O) groups is 2. The molecule has 144 valence electrons. The number of carbonyl (C=O) groups excluding carboxylic acids is 2. The Labute approximate surface area is 159 Å². The number of benzene rings is 2. The normalized spacial score (nSPS) is 12.4. The molecule has 4 nitrogen and oxygen atoms in total. The summed E-state index contributed by atoms with van der Waals surface area (Å²) in [5.74, 6) is -1.51. The highest BCUT2D eigenvalue weighted by molar-refractivity contribution is 6.33. The van der Waals surface area contributed by atoms with Crippen LogP contribution in [0.1, 0.15) is 34.0 Å². The van der Waals surface area contributed by atoms with E-state index in [1.165, 1.54) is 6.92 Å². The summed E-state index contributed by atoms with van der Waals surface area (Å²) in [5.41, 5.74) is 0.821. The number of hydrogen-bond donors (Lipinski definition) is 1. The summed E-state index contributed by atoms with van der Waals surface area (Å²) in [6, 6.07) is 7.67. The van der Waals surface area contributed by atoms with Crippen LogP contribution in [0, 0.1) is 13.8 Å². The van der Waals surface area contributed by atoms with E-state index in [1.807, 2.05) is 19.9 Å². The zero-order valence-electron chi connectivity index (χ0n) is 14.8. The first-order valence-electron chi connectivity index (χ1n) is 7.94. The Hall–Kier alpha value is -2.54. The minimum absolute atomic E-state index is 0.0656. The molecule has 0 heterocycles. The van der Waals surface area contributed by atoms with Gasteiger partial charge in [-0.1, -0.05) is 28.8 Å². The molecule has 1 atom stereocenters. The molecule has 2 rings (SSSR count). The summed E-state index contributed by atoms with van der Waals surface area (Å²) in [6.07, 6.45) is -5.81. The van der Waals surface area contributed by atoms with Gasteiger partial charge in [-0.3, -0.25) is 4.79 Å². The maximum absolute atomic E-state index is 12.8. The SMILES string of the molecule is Cc1cc(C)cc(C(=O)O[C@@H](C)C(=O)Nc2cc(C(F)(F)F)ccc2Cl)c1. The molecule has 0 aliphatic rings. The Morgan fingerprint density at radius 2 is 1.67 bits per heavy atom. The molecule has 2 aromatic carbocycles. The summed E-state index contributed by atoms with van der Waals surface area (Å²) < 4.78 is 43.5. The standard InChI is InChI=1S/C19H17ClF3NO3/c1-10-6-11(2)8-13(7-10)18(26)27-12(3)17(25)24-16-9-14(19(21,22)23)4-5-15(16)20/h4-9,12H,1-3H3,(H,24,25)/t12-/m0/s1. The first-order valence-corrected chi connectivity index (χ1v) is 8.32. The van der Waals surface area contributed by atoms with E-state index in [0.717, 1.165) is 29.3 Å². The number of anilines is 1. The first kappa shape index (κ1) is 20.8. The Balaban J connectivity index is 2.11. The van der Waals surface area contributed by atoms with Gasteiger partial charge in [0.1, 0.15) is 0 Å². The van der Waals surface area contributed by atoms with Crippen molar-refractivity contribution < 1.29 is 27.5 Å². The number of ether oxygens (including phenoxy) is 1. The Morgan fingerprint density at radius 1 is 1.07 bits per heavy atom. The molecule has 2 aromatic rings. The largest absolute Gasteiger partial charge is 0.449 e. The zero-order valence-corrected chi connectivity index (χ0v) is 15.5. The Bertz CT molecular complexity index is 861. The number of amides is 1. The summed E-state index contributed by atoms with van der Waals surface area (Å²) in [5, 5.41) is 2.19. The fourth-order valence-electron chi connectivity index (χ4n) is 2.41. The molecule has 0 spiro atoms. The molecule has 0 unspecified atom stereocenters. The van der Waals surface area contributed by atoms with Crippen molar-refractivity contribution in [2.24, 2.45) is 0 Å². The molecule has 0 fully saturated rings. The van der Waals surface area contributed by atoms with Gasteiger partial charge in [-0.25, -0.2) is 4.79 Å². The van der Waals surface area contributed by atoms with Crippen molar-refractivity contribution in [1.29, 1.82) is 0 Å². The highest BCUT2D eigenvalue weighted by Gasteiger charge is 2.31. The van der Waals surface area contributed by atoms with Crippen molar-refractivity contribution in [3.8, 4) is 0 Å². The van der Waals surface area contributed by atoms with E-state index in [9.17, 15) is 22.8 Å². The maximum atomic E-state index is 12.8. The van der Waals surface area contributed by atoms with Crippen LogP contribution in [0.25, 0.3) is 0 Å². The van der Waals surface area contributed by atoms with Crippen LogP contribution in [0.3, 0.4) is 0 Å². The van der Waals surface area contributed by atoms with Crippen LogP contribution in [0.2, 0.25) is 5.02 Å². The Morgan fingerprint density at radius 3 is 2.22 bits per heavy atom. The number of nitrogens with one attached hydrogen (secondary N) is 1. The predicted molar refractivity (Wildman–Crippen MR) is 95.9 cm³/mol. The average Bonchev–Trinajstić information content (AvgIpc) is 2.54. The van der Waals surface area contributed by atoms with Gasteiger partial charge in [-0.2, -0.15) is 13.2 Å². The van der Waals surface area contributed by atoms with E-state index in [2.05, 4.69) is 5.32 Å². The van der Waals surface area contributed by atoms with Crippen molar-refractivity contribution >= 4 is 29.2 Å². The van der Waals surface area contributed by atoms with Gasteiger partial charge < -0.3 is 10.1 Å². The van der Waals surface area contributed by atoms with Gasteiger partial charge in [-0.15, -0.1) is 0 Å². The minimum atomic E-state index is -4.58. The van der Waals surface area contributed by atoms with Crippen molar-refractivity contribution in [3.05, 3.63) is 63.7 Å². The van der Waals surface area contributed by atoms with Crippen molar-refractivity contribution in [3.63, 3.8) is 0 Å². The number of alkyl halides is 3. The van der Waals surface area contributed by atoms with Crippen LogP contribution >= 0.6 is 11.6 Å². The third-order valence-electron chi connectivity index (χ3n) is 3.66. The van der Waals surface area contributed by atoms with Gasteiger partial charge in [0, 0.05) is 0 Å². The zero-order chi connectivity index (χ0) is 20.4. The minimum Gasteiger partial charge on any atom is -0.449 e. The fourth-order valence-corrected chi connectivity index (χ4v) is 2.57. The van der Waals surface area contributed by atoms with Gasteiger partial charge in [0.15, 0.2) is 6.10 Å². The van der Waals surface area contributed by atoms with Crippen LogP contribution in [0.5, 0.6) is 0 Å². The highest BCUT2D eigenvalue weighted by Crippen LogP contribution is 2.33. The number of halogens is 4. The number of rotatable bonds is 4. The van der Waals surface area contributed by atoms with Gasteiger partial charge >= 0.3 is 12.1 Å². The lowest BCUT2D eigenvalue weighted by Crippen LogP contribution is -2.30.